The molecule has 0 aliphatic rings. The molecule has 0 N–H and O–H groups in total. The minimum absolute atomic E-state index is 0.630. The van der Waals surface area contributed by atoms with Crippen LogP contribution in [0.2, 0.25) is 0 Å². The number of furan rings is 1. The lowest BCUT2D eigenvalue weighted by atomic mass is 9.92. The van der Waals surface area contributed by atoms with Gasteiger partial charge in [-0.2, -0.15) is 0 Å². The summed E-state index contributed by atoms with van der Waals surface area (Å²) in [6.45, 7) is 0. The Morgan fingerprint density at radius 3 is 1.67 bits per heavy atom. The quantitative estimate of drug-likeness (QED) is 0.186. The van der Waals surface area contributed by atoms with Crippen molar-refractivity contribution in [2.75, 3.05) is 0 Å². The summed E-state index contributed by atoms with van der Waals surface area (Å²) >= 11 is 0. The van der Waals surface area contributed by atoms with E-state index in [0.29, 0.717) is 17.5 Å². The van der Waals surface area contributed by atoms with Crippen molar-refractivity contribution >= 4 is 43.5 Å². The van der Waals surface area contributed by atoms with E-state index in [1.807, 2.05) is 36.4 Å². The standard InChI is InChI=1S/C47H29N3O/c1-3-13-30(14-4-1)32-19-11-20-35(27-32)46-48-45(31-15-5-2-6-16-31)49-47(50-46)40-26-25-38(36-21-9-10-22-37(36)40)39-23-12-24-42-44(39)41-28-33-17-7-8-18-34(33)29-43(41)51-42/h1-29H. The Kier molecular flexibility index (Phi) is 6.78. The molecule has 0 unspecified atom stereocenters. The Morgan fingerprint density at radius 2 is 0.882 bits per heavy atom. The number of hydrogen-bond donors (Lipinski definition) is 0. The van der Waals surface area contributed by atoms with E-state index in [1.165, 1.54) is 10.8 Å². The molecule has 10 aromatic rings. The maximum atomic E-state index is 6.45. The second-order valence-corrected chi connectivity index (χ2v) is 12.8. The van der Waals surface area contributed by atoms with Gasteiger partial charge in [-0.1, -0.05) is 146 Å². The van der Waals surface area contributed by atoms with Crippen LogP contribution >= 0.6 is 0 Å². The molecule has 0 fully saturated rings. The summed E-state index contributed by atoms with van der Waals surface area (Å²) in [6, 6.07) is 61.0. The highest BCUT2D eigenvalue weighted by molar-refractivity contribution is 6.18. The Balaban J connectivity index is 1.17. The van der Waals surface area contributed by atoms with Crippen molar-refractivity contribution in [3.8, 4) is 56.4 Å². The maximum absolute atomic E-state index is 6.45. The first-order chi connectivity index (χ1) is 25.3. The SMILES string of the molecule is c1ccc(-c2cccc(-c3nc(-c4ccccc4)nc(-c4ccc(-c5cccc6oc7cc8ccccc8cc7c56)c5ccccc45)n3)c2)cc1. The Bertz CT molecular complexity index is 2910. The summed E-state index contributed by atoms with van der Waals surface area (Å²) in [6.07, 6.45) is 0. The predicted molar refractivity (Wildman–Crippen MR) is 209 cm³/mol. The van der Waals surface area contributed by atoms with E-state index in [2.05, 4.69) is 140 Å². The molecule has 0 saturated carbocycles. The molecule has 8 aromatic carbocycles. The Morgan fingerprint density at radius 1 is 0.314 bits per heavy atom. The van der Waals surface area contributed by atoms with E-state index in [-0.39, 0.29) is 0 Å². The zero-order valence-electron chi connectivity index (χ0n) is 27.5. The van der Waals surface area contributed by atoms with E-state index in [4.69, 9.17) is 19.4 Å². The molecule has 10 rings (SSSR count). The monoisotopic (exact) mass is 651 g/mol. The lowest BCUT2D eigenvalue weighted by molar-refractivity contribution is 0.669. The van der Waals surface area contributed by atoms with Crippen LogP contribution in [0.3, 0.4) is 0 Å². The van der Waals surface area contributed by atoms with Gasteiger partial charge in [0, 0.05) is 27.5 Å². The normalized spacial score (nSPS) is 11.5. The second-order valence-electron chi connectivity index (χ2n) is 12.8. The van der Waals surface area contributed by atoms with Gasteiger partial charge in [0.05, 0.1) is 0 Å². The van der Waals surface area contributed by atoms with E-state index in [9.17, 15) is 0 Å². The van der Waals surface area contributed by atoms with Gasteiger partial charge in [-0.25, -0.2) is 15.0 Å². The molecule has 4 nitrogen and oxygen atoms in total. The summed E-state index contributed by atoms with van der Waals surface area (Å²) in [5, 5.41) is 6.77. The first kappa shape index (κ1) is 29.0. The van der Waals surface area contributed by atoms with Crippen LogP contribution in [0.1, 0.15) is 0 Å². The first-order valence-corrected chi connectivity index (χ1v) is 17.1. The zero-order chi connectivity index (χ0) is 33.7. The number of benzene rings is 8. The molecule has 0 saturated heterocycles. The predicted octanol–water partition coefficient (Wildman–Crippen LogP) is 12.4. The average Bonchev–Trinajstić information content (AvgIpc) is 3.57. The van der Waals surface area contributed by atoms with Crippen molar-refractivity contribution in [2.45, 2.75) is 0 Å². The fourth-order valence-corrected chi connectivity index (χ4v) is 7.28. The molecule has 0 bridgehead atoms. The zero-order valence-corrected chi connectivity index (χ0v) is 27.5. The second kappa shape index (κ2) is 11.9. The van der Waals surface area contributed by atoms with E-state index >= 15 is 0 Å². The number of fused-ring (bicyclic) bond motifs is 5. The van der Waals surface area contributed by atoms with Crippen LogP contribution < -0.4 is 0 Å². The van der Waals surface area contributed by atoms with Crippen LogP contribution in [0.25, 0.3) is 99.9 Å². The van der Waals surface area contributed by atoms with Gasteiger partial charge in [0.1, 0.15) is 11.2 Å². The van der Waals surface area contributed by atoms with Crippen molar-refractivity contribution in [2.24, 2.45) is 0 Å². The van der Waals surface area contributed by atoms with Crippen molar-refractivity contribution in [3.63, 3.8) is 0 Å². The van der Waals surface area contributed by atoms with Gasteiger partial charge in [-0.05, 0) is 74.1 Å². The van der Waals surface area contributed by atoms with E-state index in [1.54, 1.807) is 0 Å². The highest BCUT2D eigenvalue weighted by Gasteiger charge is 2.19. The molecule has 51 heavy (non-hydrogen) atoms. The molecule has 0 aliphatic carbocycles. The van der Waals surface area contributed by atoms with Crippen LogP contribution in [0.4, 0.5) is 0 Å². The third-order valence-corrected chi connectivity index (χ3v) is 9.71. The molecular formula is C47H29N3O. The maximum Gasteiger partial charge on any atom is 0.164 e. The van der Waals surface area contributed by atoms with E-state index < -0.39 is 0 Å². The van der Waals surface area contributed by atoms with Crippen LogP contribution in [0, 0.1) is 0 Å². The lowest BCUT2D eigenvalue weighted by Gasteiger charge is -2.14. The highest BCUT2D eigenvalue weighted by Crippen LogP contribution is 2.42. The summed E-state index contributed by atoms with van der Waals surface area (Å²) < 4.78 is 6.45. The number of nitrogens with zero attached hydrogens (tertiary/aromatic N) is 3. The summed E-state index contributed by atoms with van der Waals surface area (Å²) in [5.74, 6) is 1.90. The summed E-state index contributed by atoms with van der Waals surface area (Å²) in [5.41, 5.74) is 9.10. The van der Waals surface area contributed by atoms with E-state index in [0.717, 1.165) is 71.7 Å². The Labute approximate surface area is 294 Å². The van der Waals surface area contributed by atoms with Gasteiger partial charge in [-0.3, -0.25) is 0 Å². The molecule has 2 heterocycles. The number of aromatic nitrogens is 3. The largest absolute Gasteiger partial charge is 0.456 e. The first-order valence-electron chi connectivity index (χ1n) is 17.1. The molecule has 4 heteroatoms. The van der Waals surface area contributed by atoms with Crippen LogP contribution in [0.5, 0.6) is 0 Å². The fourth-order valence-electron chi connectivity index (χ4n) is 7.28. The van der Waals surface area contributed by atoms with Crippen LogP contribution in [-0.2, 0) is 0 Å². The molecule has 0 amide bonds. The lowest BCUT2D eigenvalue weighted by Crippen LogP contribution is -2.01. The van der Waals surface area contributed by atoms with Crippen LogP contribution in [0.15, 0.2) is 180 Å². The molecule has 0 spiro atoms. The van der Waals surface area contributed by atoms with Gasteiger partial charge in [0.15, 0.2) is 17.5 Å². The molecule has 0 atom stereocenters. The minimum atomic E-state index is 0.630. The molecule has 0 aliphatic heterocycles. The van der Waals surface area contributed by atoms with Crippen molar-refractivity contribution < 1.29 is 4.42 Å². The molecule has 0 radical (unpaired) electrons. The van der Waals surface area contributed by atoms with Crippen molar-refractivity contribution in [1.82, 2.24) is 15.0 Å². The molecular weight excluding hydrogens is 623 g/mol. The van der Waals surface area contributed by atoms with Crippen molar-refractivity contribution in [3.05, 3.63) is 176 Å². The van der Waals surface area contributed by atoms with Gasteiger partial charge in [0.2, 0.25) is 0 Å². The topological polar surface area (TPSA) is 51.8 Å². The number of hydrogen-bond acceptors (Lipinski definition) is 4. The molecule has 238 valence electrons. The third-order valence-electron chi connectivity index (χ3n) is 9.71. The van der Waals surface area contributed by atoms with Crippen LogP contribution in [-0.4, -0.2) is 15.0 Å². The number of rotatable bonds is 5. The minimum Gasteiger partial charge on any atom is -0.456 e. The van der Waals surface area contributed by atoms with Crippen molar-refractivity contribution in [1.29, 1.82) is 0 Å². The fraction of sp³-hybridized carbons (Fsp3) is 0. The Hall–Kier alpha value is -6.91. The van der Waals surface area contributed by atoms with Gasteiger partial charge >= 0.3 is 0 Å². The third kappa shape index (κ3) is 5.04. The molecule has 2 aromatic heterocycles. The average molecular weight is 652 g/mol. The summed E-state index contributed by atoms with van der Waals surface area (Å²) in [4.78, 5) is 15.3. The van der Waals surface area contributed by atoms with Gasteiger partial charge < -0.3 is 4.42 Å². The van der Waals surface area contributed by atoms with Gasteiger partial charge in [0.25, 0.3) is 0 Å². The van der Waals surface area contributed by atoms with Gasteiger partial charge in [-0.15, -0.1) is 0 Å². The highest BCUT2D eigenvalue weighted by atomic mass is 16.3. The summed E-state index contributed by atoms with van der Waals surface area (Å²) in [7, 11) is 0. The smallest absolute Gasteiger partial charge is 0.164 e.